The highest BCUT2D eigenvalue weighted by Crippen LogP contribution is 2.43. The molecule has 3 aromatic heterocycles. The molecule has 0 saturated heterocycles. The summed E-state index contributed by atoms with van der Waals surface area (Å²) in [6.07, 6.45) is -0.390. The summed E-state index contributed by atoms with van der Waals surface area (Å²) < 4.78 is 11.8. The molecule has 0 aliphatic carbocycles. The van der Waals surface area contributed by atoms with Gasteiger partial charge in [0.05, 0.1) is 21.4 Å². The van der Waals surface area contributed by atoms with E-state index >= 15 is 0 Å². The van der Waals surface area contributed by atoms with Crippen molar-refractivity contribution in [1.82, 2.24) is 9.88 Å². The second kappa shape index (κ2) is 12.6. The number of hydrogen-bond donors (Lipinski definition) is 1. The minimum absolute atomic E-state index is 0.390. The predicted molar refractivity (Wildman–Crippen MR) is 238 cm³/mol. The molecule has 0 bridgehead atoms. The van der Waals surface area contributed by atoms with Crippen molar-refractivity contribution >= 4 is 86.9 Å². The van der Waals surface area contributed by atoms with Crippen molar-refractivity contribution in [1.29, 1.82) is 0 Å². The summed E-state index contributed by atoms with van der Waals surface area (Å²) in [7, 11) is 0. The molecule has 0 saturated carbocycles. The van der Waals surface area contributed by atoms with E-state index in [0.717, 1.165) is 55.6 Å². The van der Waals surface area contributed by atoms with Gasteiger partial charge in [0, 0.05) is 53.7 Å². The Morgan fingerprint density at radius 2 is 1.16 bits per heavy atom. The zero-order chi connectivity index (χ0) is 37.5. The average molecular weight is 749 g/mol. The van der Waals surface area contributed by atoms with Crippen molar-refractivity contribution in [2.45, 2.75) is 6.17 Å². The van der Waals surface area contributed by atoms with E-state index in [-0.39, 0.29) is 0 Å². The largest absolute Gasteiger partial charge is 0.456 e. The average Bonchev–Trinajstić information content (AvgIpc) is 3.96. The van der Waals surface area contributed by atoms with Crippen LogP contribution in [0.3, 0.4) is 0 Å². The van der Waals surface area contributed by atoms with E-state index in [0.29, 0.717) is 5.84 Å². The third-order valence-electron chi connectivity index (χ3n) is 11.3. The number of fused-ring (bicyclic) bond motifs is 9. The molecule has 57 heavy (non-hydrogen) atoms. The summed E-state index contributed by atoms with van der Waals surface area (Å²) in [5, 5.41) is 10.8. The lowest BCUT2D eigenvalue weighted by Gasteiger charge is -2.23. The van der Waals surface area contributed by atoms with E-state index in [1.807, 2.05) is 47.7 Å². The van der Waals surface area contributed by atoms with Gasteiger partial charge >= 0.3 is 0 Å². The van der Waals surface area contributed by atoms with Crippen molar-refractivity contribution in [2.24, 2.45) is 9.98 Å². The highest BCUT2D eigenvalue weighted by Gasteiger charge is 2.25. The Labute approximate surface area is 331 Å². The molecular weight excluding hydrogens is 717 g/mol. The maximum Gasteiger partial charge on any atom is 0.159 e. The Morgan fingerprint density at radius 3 is 1.95 bits per heavy atom. The molecule has 8 aromatic carbocycles. The fourth-order valence-corrected chi connectivity index (χ4v) is 9.79. The lowest BCUT2D eigenvalue weighted by atomic mass is 10.0. The van der Waals surface area contributed by atoms with Crippen LogP contribution in [0.4, 0.5) is 0 Å². The first kappa shape index (κ1) is 32.0. The Bertz CT molecular complexity index is 3390. The number of benzene rings is 8. The topological polar surface area (TPSA) is 54.8 Å². The fraction of sp³-hybridized carbons (Fsp3) is 0.0196. The van der Waals surface area contributed by atoms with Gasteiger partial charge in [-0.05, 0) is 53.6 Å². The maximum atomic E-state index is 6.80. The van der Waals surface area contributed by atoms with Gasteiger partial charge in [-0.1, -0.05) is 140 Å². The van der Waals surface area contributed by atoms with Crippen LogP contribution in [0.1, 0.15) is 22.9 Å². The molecule has 0 radical (unpaired) electrons. The van der Waals surface area contributed by atoms with Gasteiger partial charge in [0.25, 0.3) is 0 Å². The molecule has 4 heterocycles. The van der Waals surface area contributed by atoms with Crippen molar-refractivity contribution < 1.29 is 4.42 Å². The Morgan fingerprint density at radius 1 is 0.509 bits per heavy atom. The van der Waals surface area contributed by atoms with Gasteiger partial charge in [-0.2, -0.15) is 0 Å². The van der Waals surface area contributed by atoms with E-state index < -0.39 is 6.17 Å². The van der Waals surface area contributed by atoms with E-state index in [1.165, 1.54) is 47.7 Å². The standard InChI is InChI=1S/C51H32N4OS/c1-3-13-31(14-4-1)49-52-50(32-15-5-2-6-16-32)54-51(53-49)40-21-11-19-38-37-27-25-34(30-45(37)56-47(38)40)33-26-28-46-41(29-33)39-20-12-24-44(48(39)57-46)55-42-22-9-7-17-35(42)36-18-8-10-23-43(36)55/h1-30,51H,(H,52,53,54). The number of furan rings is 1. The molecule has 0 amide bonds. The molecule has 0 fully saturated rings. The van der Waals surface area contributed by atoms with Crippen molar-refractivity contribution in [3.8, 4) is 16.8 Å². The van der Waals surface area contributed by atoms with Gasteiger partial charge in [0.1, 0.15) is 17.0 Å². The second-order valence-corrected chi connectivity index (χ2v) is 15.6. The third kappa shape index (κ3) is 5.08. The maximum absolute atomic E-state index is 6.80. The first-order chi connectivity index (χ1) is 28.2. The molecule has 1 N–H and O–H groups in total. The Balaban J connectivity index is 0.958. The van der Waals surface area contributed by atoms with Crippen LogP contribution in [0.2, 0.25) is 0 Å². The van der Waals surface area contributed by atoms with Crippen LogP contribution in [-0.4, -0.2) is 16.2 Å². The summed E-state index contributed by atoms with van der Waals surface area (Å²) in [6.45, 7) is 0. The molecule has 268 valence electrons. The van der Waals surface area contributed by atoms with Crippen molar-refractivity contribution in [3.05, 3.63) is 199 Å². The number of aromatic nitrogens is 1. The summed E-state index contributed by atoms with van der Waals surface area (Å²) in [5.41, 5.74) is 10.5. The summed E-state index contributed by atoms with van der Waals surface area (Å²) in [6, 6.07) is 64.3. The summed E-state index contributed by atoms with van der Waals surface area (Å²) in [5.74, 6) is 1.47. The molecular formula is C51H32N4OS. The van der Waals surface area contributed by atoms with E-state index in [1.54, 1.807) is 0 Å². The normalized spacial score (nSPS) is 14.5. The number of para-hydroxylation sites is 3. The monoisotopic (exact) mass is 748 g/mol. The Hall–Kier alpha value is -7.28. The van der Waals surface area contributed by atoms with Crippen LogP contribution in [0.15, 0.2) is 196 Å². The van der Waals surface area contributed by atoms with Gasteiger partial charge in [0.15, 0.2) is 12.0 Å². The van der Waals surface area contributed by atoms with E-state index in [2.05, 4.69) is 155 Å². The zero-order valence-corrected chi connectivity index (χ0v) is 31.4. The summed E-state index contributed by atoms with van der Waals surface area (Å²) in [4.78, 5) is 10.1. The van der Waals surface area contributed by atoms with E-state index in [4.69, 9.17) is 14.4 Å². The zero-order valence-electron chi connectivity index (χ0n) is 30.6. The number of hydrogen-bond acceptors (Lipinski definition) is 5. The number of rotatable bonds is 5. The molecule has 1 unspecified atom stereocenters. The van der Waals surface area contributed by atoms with Gasteiger partial charge < -0.3 is 14.3 Å². The van der Waals surface area contributed by atoms with Gasteiger partial charge in [-0.25, -0.2) is 9.98 Å². The molecule has 1 aliphatic rings. The highest BCUT2D eigenvalue weighted by molar-refractivity contribution is 7.26. The van der Waals surface area contributed by atoms with Crippen LogP contribution in [0.5, 0.6) is 0 Å². The molecule has 11 aromatic rings. The third-order valence-corrected chi connectivity index (χ3v) is 12.5. The van der Waals surface area contributed by atoms with Crippen LogP contribution in [-0.2, 0) is 0 Å². The number of nitrogens with one attached hydrogen (secondary N) is 1. The van der Waals surface area contributed by atoms with Crippen LogP contribution in [0.25, 0.3) is 80.7 Å². The molecule has 1 aliphatic heterocycles. The SMILES string of the molecule is c1ccc(C2=NC(c3cccc4c3oc3cc(-c5ccc6sc7c(-n8c9ccccc9c9ccccc98)cccc7c6c5)ccc34)NC(c3ccccc3)=N2)cc1. The van der Waals surface area contributed by atoms with Gasteiger partial charge in [0.2, 0.25) is 0 Å². The Kier molecular flexibility index (Phi) is 7.09. The molecule has 6 heteroatoms. The highest BCUT2D eigenvalue weighted by atomic mass is 32.1. The van der Waals surface area contributed by atoms with Crippen LogP contribution in [0, 0.1) is 0 Å². The predicted octanol–water partition coefficient (Wildman–Crippen LogP) is 13.2. The number of aliphatic imine (C=N–C) groups is 2. The van der Waals surface area contributed by atoms with Gasteiger partial charge in [-0.3, -0.25) is 0 Å². The van der Waals surface area contributed by atoms with E-state index in [9.17, 15) is 0 Å². The number of amidine groups is 2. The molecule has 12 rings (SSSR count). The second-order valence-electron chi connectivity index (χ2n) is 14.6. The van der Waals surface area contributed by atoms with Gasteiger partial charge in [-0.15, -0.1) is 11.3 Å². The van der Waals surface area contributed by atoms with Crippen molar-refractivity contribution in [3.63, 3.8) is 0 Å². The smallest absolute Gasteiger partial charge is 0.159 e. The lowest BCUT2D eigenvalue weighted by Crippen LogP contribution is -2.33. The molecule has 1 atom stereocenters. The van der Waals surface area contributed by atoms with Crippen LogP contribution >= 0.6 is 11.3 Å². The number of nitrogens with zero attached hydrogens (tertiary/aromatic N) is 3. The first-order valence-corrected chi connectivity index (χ1v) is 20.0. The quantitative estimate of drug-likeness (QED) is 0.191. The molecule has 0 spiro atoms. The molecule has 5 nitrogen and oxygen atoms in total. The fourth-order valence-electron chi connectivity index (χ4n) is 8.60. The summed E-state index contributed by atoms with van der Waals surface area (Å²) >= 11 is 1.86. The van der Waals surface area contributed by atoms with Crippen molar-refractivity contribution in [2.75, 3.05) is 0 Å². The van der Waals surface area contributed by atoms with Crippen LogP contribution < -0.4 is 5.32 Å². The minimum Gasteiger partial charge on any atom is -0.456 e. The first-order valence-electron chi connectivity index (χ1n) is 19.2. The minimum atomic E-state index is -0.390. The lowest BCUT2D eigenvalue weighted by molar-refractivity contribution is 0.628. The number of thiophene rings is 1.